The predicted octanol–water partition coefficient (Wildman–Crippen LogP) is 1.61. The van der Waals surface area contributed by atoms with Crippen LogP contribution < -0.4 is 10.5 Å². The number of sulfonamides is 1. The maximum Gasteiger partial charge on any atom is 0.274 e. The van der Waals surface area contributed by atoms with E-state index in [4.69, 9.17) is 10.2 Å². The highest BCUT2D eigenvalue weighted by Crippen LogP contribution is 2.23. The highest BCUT2D eigenvalue weighted by Gasteiger charge is 2.29. The molecule has 0 radical (unpaired) electrons. The maximum atomic E-state index is 12.3. The second-order valence-corrected chi connectivity index (χ2v) is 6.64. The van der Waals surface area contributed by atoms with E-state index in [1.807, 2.05) is 6.92 Å². The van der Waals surface area contributed by atoms with Gasteiger partial charge in [0.05, 0.1) is 0 Å². The lowest BCUT2D eigenvalue weighted by molar-refractivity contribution is -0.120. The quantitative estimate of drug-likeness (QED) is 0.846. The van der Waals surface area contributed by atoms with Crippen molar-refractivity contribution < 1.29 is 17.6 Å². The monoisotopic (exact) mass is 310 g/mol. The smallest absolute Gasteiger partial charge is 0.274 e. The molecule has 114 valence electrons. The number of nitrogens with two attached hydrogens (primary N) is 1. The predicted molar refractivity (Wildman–Crippen MR) is 79.0 cm³/mol. The number of carbonyl (C=O) groups excluding carboxylic acids is 1. The molecule has 7 heteroatoms. The topological polar surface area (TPSA) is 102 Å². The van der Waals surface area contributed by atoms with Crippen molar-refractivity contribution in [3.05, 3.63) is 30.3 Å². The molecule has 0 aliphatic rings. The summed E-state index contributed by atoms with van der Waals surface area (Å²) in [5.41, 5.74) is 5.75. The largest absolute Gasteiger partial charge is 0.443 e. The molecule has 1 aromatic heterocycles. The third kappa shape index (κ3) is 3.25. The molecular weight excluding hydrogens is 292 g/mol. The van der Waals surface area contributed by atoms with Gasteiger partial charge in [-0.05, 0) is 12.0 Å². The van der Waals surface area contributed by atoms with E-state index in [0.29, 0.717) is 17.4 Å². The third-order valence-electron chi connectivity index (χ3n) is 3.47. The summed E-state index contributed by atoms with van der Waals surface area (Å²) >= 11 is 0. The number of benzene rings is 1. The van der Waals surface area contributed by atoms with E-state index in [9.17, 15) is 13.2 Å². The average molecular weight is 310 g/mol. The van der Waals surface area contributed by atoms with Gasteiger partial charge >= 0.3 is 0 Å². The number of nitrogens with one attached hydrogen (secondary N) is 1. The summed E-state index contributed by atoms with van der Waals surface area (Å²) in [6.07, 6.45) is 0.621. The zero-order valence-electron chi connectivity index (χ0n) is 11.9. The van der Waals surface area contributed by atoms with E-state index in [2.05, 4.69) is 4.72 Å². The van der Waals surface area contributed by atoms with Gasteiger partial charge in [0.1, 0.15) is 11.6 Å². The van der Waals surface area contributed by atoms with Crippen LogP contribution >= 0.6 is 0 Å². The minimum Gasteiger partial charge on any atom is -0.443 e. The molecule has 21 heavy (non-hydrogen) atoms. The summed E-state index contributed by atoms with van der Waals surface area (Å²) in [7, 11) is -3.94. The van der Waals surface area contributed by atoms with Gasteiger partial charge < -0.3 is 10.2 Å². The highest BCUT2D eigenvalue weighted by molar-refractivity contribution is 7.89. The first kappa shape index (κ1) is 15.5. The molecule has 0 fully saturated rings. The number of hydrogen-bond acceptors (Lipinski definition) is 4. The molecule has 2 atom stereocenters. The van der Waals surface area contributed by atoms with Gasteiger partial charge in [-0.3, -0.25) is 4.79 Å². The second kappa shape index (κ2) is 5.87. The van der Waals surface area contributed by atoms with Crippen LogP contribution in [0.3, 0.4) is 0 Å². The summed E-state index contributed by atoms with van der Waals surface area (Å²) in [5.74, 6) is -0.911. The first-order valence-corrected chi connectivity index (χ1v) is 8.13. The van der Waals surface area contributed by atoms with E-state index in [-0.39, 0.29) is 11.0 Å². The molecule has 0 spiro atoms. The van der Waals surface area contributed by atoms with Crippen LogP contribution in [-0.2, 0) is 14.8 Å². The van der Waals surface area contributed by atoms with Gasteiger partial charge in [-0.15, -0.1) is 0 Å². The minimum absolute atomic E-state index is 0.207. The number of carbonyl (C=O) groups is 1. The van der Waals surface area contributed by atoms with Crippen LogP contribution in [0.15, 0.2) is 39.8 Å². The Labute approximate surface area is 123 Å². The molecule has 3 N–H and O–H groups in total. The number of rotatable bonds is 6. The van der Waals surface area contributed by atoms with Crippen molar-refractivity contribution in [3.8, 4) is 0 Å². The van der Waals surface area contributed by atoms with E-state index in [1.165, 1.54) is 6.07 Å². The number of fused-ring (bicyclic) bond motifs is 1. The van der Waals surface area contributed by atoms with Crippen molar-refractivity contribution in [3.63, 3.8) is 0 Å². The van der Waals surface area contributed by atoms with Crippen molar-refractivity contribution in [2.75, 3.05) is 0 Å². The van der Waals surface area contributed by atoms with Gasteiger partial charge in [-0.25, -0.2) is 8.42 Å². The summed E-state index contributed by atoms with van der Waals surface area (Å²) in [5, 5.41) is 0.454. The van der Waals surface area contributed by atoms with E-state index in [0.717, 1.165) is 0 Å². The summed E-state index contributed by atoms with van der Waals surface area (Å²) in [6, 6.07) is 7.42. The van der Waals surface area contributed by atoms with Crippen molar-refractivity contribution in [1.82, 2.24) is 4.72 Å². The van der Waals surface area contributed by atoms with Gasteiger partial charge in [-0.2, -0.15) is 4.72 Å². The minimum atomic E-state index is -3.94. The van der Waals surface area contributed by atoms with Crippen LogP contribution in [0, 0.1) is 5.92 Å². The number of para-hydroxylation sites is 1. The molecule has 2 aromatic rings. The molecule has 0 saturated carbocycles. The molecule has 0 aliphatic carbocycles. The van der Waals surface area contributed by atoms with Crippen LogP contribution in [-0.4, -0.2) is 20.4 Å². The zero-order chi connectivity index (χ0) is 15.6. The molecule has 6 nitrogen and oxygen atoms in total. The SMILES string of the molecule is CC[C@H](C)[C@@H](NS(=O)(=O)c1cc2ccccc2o1)C(N)=O. The van der Waals surface area contributed by atoms with E-state index < -0.39 is 22.0 Å². The number of amides is 1. The molecule has 0 saturated heterocycles. The Hall–Kier alpha value is -1.86. The van der Waals surface area contributed by atoms with Crippen molar-refractivity contribution >= 4 is 26.9 Å². The molecule has 1 aromatic carbocycles. The lowest BCUT2D eigenvalue weighted by Gasteiger charge is -2.20. The fourth-order valence-electron chi connectivity index (χ4n) is 2.01. The number of furan rings is 1. The maximum absolute atomic E-state index is 12.3. The fraction of sp³-hybridized carbons (Fsp3) is 0.357. The third-order valence-corrected chi connectivity index (χ3v) is 4.76. The van der Waals surface area contributed by atoms with Crippen molar-refractivity contribution in [1.29, 1.82) is 0 Å². The molecule has 1 amide bonds. The van der Waals surface area contributed by atoms with Crippen LogP contribution in [0.5, 0.6) is 0 Å². The molecule has 2 rings (SSSR count). The Morgan fingerprint density at radius 3 is 2.62 bits per heavy atom. The molecule has 1 heterocycles. The summed E-state index contributed by atoms with van der Waals surface area (Å²) in [6.45, 7) is 3.62. The molecule has 0 bridgehead atoms. The van der Waals surface area contributed by atoms with Crippen LogP contribution in [0.2, 0.25) is 0 Å². The van der Waals surface area contributed by atoms with Gasteiger partial charge in [-0.1, -0.05) is 38.5 Å². The summed E-state index contributed by atoms with van der Waals surface area (Å²) < 4.78 is 32.3. The Bertz CT molecular complexity index is 718. The first-order valence-electron chi connectivity index (χ1n) is 6.65. The Kier molecular flexibility index (Phi) is 4.34. The second-order valence-electron chi connectivity index (χ2n) is 4.99. The molecule has 0 aliphatic heterocycles. The zero-order valence-corrected chi connectivity index (χ0v) is 12.7. The van der Waals surface area contributed by atoms with Crippen LogP contribution in [0.1, 0.15) is 20.3 Å². The number of hydrogen-bond donors (Lipinski definition) is 2. The summed E-state index contributed by atoms with van der Waals surface area (Å²) in [4.78, 5) is 11.4. The number of primary amides is 1. The van der Waals surface area contributed by atoms with Gasteiger partial charge in [0.25, 0.3) is 10.0 Å². The van der Waals surface area contributed by atoms with Crippen molar-refractivity contribution in [2.45, 2.75) is 31.4 Å². The van der Waals surface area contributed by atoms with Crippen LogP contribution in [0.25, 0.3) is 11.0 Å². The lowest BCUT2D eigenvalue weighted by atomic mass is 10.00. The van der Waals surface area contributed by atoms with Crippen LogP contribution in [0.4, 0.5) is 0 Å². The van der Waals surface area contributed by atoms with Gasteiger partial charge in [0.15, 0.2) is 0 Å². The molecule has 0 unspecified atom stereocenters. The normalized spacial score (nSPS) is 15.0. The van der Waals surface area contributed by atoms with E-state index in [1.54, 1.807) is 31.2 Å². The van der Waals surface area contributed by atoms with Gasteiger partial charge in [0, 0.05) is 11.5 Å². The average Bonchev–Trinajstić information content (AvgIpc) is 2.88. The molecular formula is C14H18N2O4S. The van der Waals surface area contributed by atoms with E-state index >= 15 is 0 Å². The fourth-order valence-corrected chi connectivity index (χ4v) is 3.29. The standard InChI is InChI=1S/C14H18N2O4S/c1-3-9(2)13(14(15)17)16-21(18,19)12-8-10-6-4-5-7-11(10)20-12/h4-9,13,16H,3H2,1-2H3,(H2,15,17)/t9-,13+/m0/s1. The highest BCUT2D eigenvalue weighted by atomic mass is 32.2. The Morgan fingerprint density at radius 2 is 2.05 bits per heavy atom. The first-order chi connectivity index (χ1) is 9.85. The van der Waals surface area contributed by atoms with Gasteiger partial charge in [0.2, 0.25) is 11.0 Å². The Morgan fingerprint density at radius 1 is 1.38 bits per heavy atom. The lowest BCUT2D eigenvalue weighted by Crippen LogP contribution is -2.48. The van der Waals surface area contributed by atoms with Crippen molar-refractivity contribution in [2.24, 2.45) is 11.7 Å². The Balaban J connectivity index is 2.34.